The number of ether oxygens (including phenoxy) is 3. The van der Waals surface area contributed by atoms with E-state index in [0.29, 0.717) is 38.2 Å². The maximum Gasteiger partial charge on any atom is 0.338 e. The molecule has 1 aliphatic heterocycles. The number of benzene rings is 2. The summed E-state index contributed by atoms with van der Waals surface area (Å²) in [4.78, 5) is 34.0. The van der Waals surface area contributed by atoms with E-state index in [1.165, 1.54) is 6.33 Å². The Kier molecular flexibility index (Phi) is 7.28. The van der Waals surface area contributed by atoms with Crippen molar-refractivity contribution in [2.24, 2.45) is 0 Å². The molecule has 1 aliphatic rings. The summed E-state index contributed by atoms with van der Waals surface area (Å²) in [6.07, 6.45) is 1.59. The second-order valence-electron chi connectivity index (χ2n) is 8.89. The Bertz CT molecular complexity index is 1460. The molecule has 0 aliphatic carbocycles. The van der Waals surface area contributed by atoms with E-state index >= 15 is 0 Å². The molecular weight excluding hydrogens is 562 g/mol. The minimum atomic E-state index is -0.692. The molecule has 2 aromatic carbocycles. The fourth-order valence-electron chi connectivity index (χ4n) is 4.20. The van der Waals surface area contributed by atoms with Crippen LogP contribution in [-0.4, -0.2) is 45.3 Å². The number of fused-ring (bicyclic) bond motifs is 1. The number of aromatic nitrogens is 3. The predicted octanol–water partition coefficient (Wildman–Crippen LogP) is 5.83. The van der Waals surface area contributed by atoms with Crippen LogP contribution in [0.3, 0.4) is 0 Å². The van der Waals surface area contributed by atoms with Crippen molar-refractivity contribution in [2.45, 2.75) is 38.7 Å². The van der Waals surface area contributed by atoms with Gasteiger partial charge in [0.25, 0.3) is 0 Å². The van der Waals surface area contributed by atoms with Crippen LogP contribution in [0.1, 0.15) is 44.5 Å². The summed E-state index contributed by atoms with van der Waals surface area (Å²) in [5.74, 6) is -0.961. The van der Waals surface area contributed by atoms with Gasteiger partial charge in [0.1, 0.15) is 42.2 Å². The molecule has 37 heavy (non-hydrogen) atoms. The van der Waals surface area contributed by atoms with Gasteiger partial charge in [0.15, 0.2) is 0 Å². The highest BCUT2D eigenvalue weighted by atomic mass is 79.9. The maximum absolute atomic E-state index is 12.9. The molecular formula is C27H23BrClN3O5. The Hall–Kier alpha value is -3.27. The van der Waals surface area contributed by atoms with Crippen molar-refractivity contribution in [1.29, 1.82) is 0 Å². The first-order chi connectivity index (χ1) is 17.8. The van der Waals surface area contributed by atoms with Crippen LogP contribution in [0, 0.1) is 13.8 Å². The van der Waals surface area contributed by atoms with Crippen molar-refractivity contribution in [3.8, 4) is 0 Å². The summed E-state index contributed by atoms with van der Waals surface area (Å²) in [6.45, 7) is 3.79. The zero-order chi connectivity index (χ0) is 26.1. The lowest BCUT2D eigenvalue weighted by molar-refractivity contribution is -0.0562. The number of carbonyl (C=O) groups excluding carboxylic acids is 2. The van der Waals surface area contributed by atoms with Gasteiger partial charge in [-0.1, -0.05) is 47.0 Å². The monoisotopic (exact) mass is 583 g/mol. The van der Waals surface area contributed by atoms with Crippen LogP contribution >= 0.6 is 27.5 Å². The molecule has 1 saturated heterocycles. The highest BCUT2D eigenvalue weighted by Gasteiger charge is 2.40. The van der Waals surface area contributed by atoms with E-state index in [1.54, 1.807) is 30.5 Å². The van der Waals surface area contributed by atoms with Crippen LogP contribution in [0.5, 0.6) is 0 Å². The largest absolute Gasteiger partial charge is 0.459 e. The number of rotatable bonds is 6. The molecule has 1 fully saturated rings. The normalized spacial score (nSPS) is 19.2. The first-order valence-corrected chi connectivity index (χ1v) is 12.8. The molecule has 0 spiro atoms. The van der Waals surface area contributed by atoms with E-state index in [-0.39, 0.29) is 6.61 Å². The Morgan fingerprint density at radius 2 is 1.65 bits per heavy atom. The van der Waals surface area contributed by atoms with Crippen molar-refractivity contribution < 1.29 is 23.8 Å². The smallest absolute Gasteiger partial charge is 0.338 e. The van der Waals surface area contributed by atoms with Gasteiger partial charge < -0.3 is 18.8 Å². The number of hydrogen-bond donors (Lipinski definition) is 0. The predicted molar refractivity (Wildman–Crippen MR) is 141 cm³/mol. The van der Waals surface area contributed by atoms with E-state index in [2.05, 4.69) is 25.9 Å². The summed E-state index contributed by atoms with van der Waals surface area (Å²) in [6, 6.07) is 14.2. The van der Waals surface area contributed by atoms with Gasteiger partial charge in [0.05, 0.1) is 16.5 Å². The Labute approximate surface area is 226 Å². The zero-order valence-electron chi connectivity index (χ0n) is 20.1. The molecule has 3 unspecified atom stereocenters. The van der Waals surface area contributed by atoms with E-state index in [4.69, 9.17) is 25.8 Å². The van der Waals surface area contributed by atoms with E-state index < -0.39 is 30.4 Å². The molecule has 3 heterocycles. The lowest BCUT2D eigenvalue weighted by Gasteiger charge is -2.19. The third-order valence-corrected chi connectivity index (χ3v) is 7.11. The van der Waals surface area contributed by atoms with Gasteiger partial charge >= 0.3 is 11.9 Å². The summed E-state index contributed by atoms with van der Waals surface area (Å²) in [5, 5.41) is 0.953. The van der Waals surface area contributed by atoms with Crippen LogP contribution in [0.4, 0.5) is 0 Å². The second-order valence-corrected chi connectivity index (χ2v) is 10.1. The molecule has 4 aromatic rings. The molecule has 10 heteroatoms. The number of nitrogens with zero attached hydrogens (tertiary/aromatic N) is 3. The molecule has 5 rings (SSSR count). The number of halogens is 2. The first-order valence-electron chi connectivity index (χ1n) is 11.6. The highest BCUT2D eigenvalue weighted by molar-refractivity contribution is 9.10. The van der Waals surface area contributed by atoms with Crippen LogP contribution < -0.4 is 0 Å². The molecule has 0 saturated carbocycles. The number of hydrogen-bond acceptors (Lipinski definition) is 7. The third-order valence-electron chi connectivity index (χ3n) is 6.22. The molecule has 8 nitrogen and oxygen atoms in total. The fourth-order valence-corrected chi connectivity index (χ4v) is 5.13. The minimum Gasteiger partial charge on any atom is -0.459 e. The first kappa shape index (κ1) is 25.4. The summed E-state index contributed by atoms with van der Waals surface area (Å²) in [5.41, 5.74) is 3.50. The van der Waals surface area contributed by atoms with Crippen LogP contribution in [-0.2, 0) is 14.2 Å². The fraction of sp³-hybridized carbons (Fsp3) is 0.259. The molecule has 2 aromatic heterocycles. The van der Waals surface area contributed by atoms with Crippen LogP contribution in [0.15, 0.2) is 65.5 Å². The van der Waals surface area contributed by atoms with Crippen molar-refractivity contribution in [3.05, 3.63) is 92.9 Å². The minimum absolute atomic E-state index is 0.0921. The molecule has 190 valence electrons. The molecule has 3 atom stereocenters. The third kappa shape index (κ3) is 5.39. The zero-order valence-corrected chi connectivity index (χ0v) is 22.4. The van der Waals surface area contributed by atoms with E-state index in [9.17, 15) is 9.59 Å². The molecule has 0 N–H and O–H groups in total. The van der Waals surface area contributed by atoms with Gasteiger partial charge in [-0.2, -0.15) is 0 Å². The number of esters is 2. The Morgan fingerprint density at radius 3 is 2.30 bits per heavy atom. The average molecular weight is 585 g/mol. The molecule has 0 bridgehead atoms. The topological polar surface area (TPSA) is 92.5 Å². The van der Waals surface area contributed by atoms with Crippen LogP contribution in [0.2, 0.25) is 5.15 Å². The lowest BCUT2D eigenvalue weighted by atomic mass is 10.1. The molecule has 0 radical (unpaired) electrons. The average Bonchev–Trinajstić information content (AvgIpc) is 3.44. The standard InChI is InChI=1S/C27H23BrClN3O5/c1-15-3-7-17(8-4-15)26(33)35-13-21-20(37-27(34)18-9-5-16(2)6-10-18)11-22(36-21)32-12-19(28)23-24(29)30-14-31-25(23)32/h3-10,12,14,20-22H,11,13H2,1-2H3. The Balaban J connectivity index is 1.38. The van der Waals surface area contributed by atoms with Gasteiger partial charge in [0.2, 0.25) is 0 Å². The van der Waals surface area contributed by atoms with E-state index in [1.807, 2.05) is 42.7 Å². The summed E-state index contributed by atoms with van der Waals surface area (Å²) < 4.78 is 20.2. The SMILES string of the molecule is Cc1ccc(C(=O)OCC2OC(n3cc(Br)c4c(Cl)ncnc43)CC2OC(=O)c2ccc(C)cc2)cc1. The summed E-state index contributed by atoms with van der Waals surface area (Å²) >= 11 is 9.79. The van der Waals surface area contributed by atoms with Gasteiger partial charge in [-0.05, 0) is 54.0 Å². The summed E-state index contributed by atoms with van der Waals surface area (Å²) in [7, 11) is 0. The molecule has 0 amide bonds. The quantitative estimate of drug-likeness (QED) is 0.208. The number of carbonyl (C=O) groups is 2. The van der Waals surface area contributed by atoms with E-state index in [0.717, 1.165) is 11.1 Å². The Morgan fingerprint density at radius 1 is 1.03 bits per heavy atom. The second kappa shape index (κ2) is 10.6. The van der Waals surface area contributed by atoms with Gasteiger partial charge in [-0.3, -0.25) is 0 Å². The maximum atomic E-state index is 12.9. The van der Waals surface area contributed by atoms with Crippen molar-refractivity contribution >= 4 is 50.5 Å². The van der Waals surface area contributed by atoms with Crippen LogP contribution in [0.25, 0.3) is 11.0 Å². The van der Waals surface area contributed by atoms with Crippen molar-refractivity contribution in [3.63, 3.8) is 0 Å². The highest BCUT2D eigenvalue weighted by Crippen LogP contribution is 2.37. The number of aryl methyl sites for hydroxylation is 2. The van der Waals surface area contributed by atoms with Gasteiger partial charge in [-0.25, -0.2) is 19.6 Å². The van der Waals surface area contributed by atoms with Crippen molar-refractivity contribution in [2.75, 3.05) is 6.61 Å². The van der Waals surface area contributed by atoms with Gasteiger partial charge in [-0.15, -0.1) is 0 Å². The van der Waals surface area contributed by atoms with Crippen molar-refractivity contribution in [1.82, 2.24) is 14.5 Å². The van der Waals surface area contributed by atoms with Gasteiger partial charge in [0, 0.05) is 17.1 Å². The lowest BCUT2D eigenvalue weighted by Crippen LogP contribution is -2.32.